The van der Waals surface area contributed by atoms with Gasteiger partial charge < -0.3 is 5.32 Å². The molecule has 5 heteroatoms. The number of nitrogens with one attached hydrogen (secondary N) is 1. The summed E-state index contributed by atoms with van der Waals surface area (Å²) in [6.45, 7) is 2.80. The van der Waals surface area contributed by atoms with Crippen LogP contribution < -0.4 is 5.32 Å². The van der Waals surface area contributed by atoms with Gasteiger partial charge >= 0.3 is 0 Å². The second-order valence-corrected chi connectivity index (χ2v) is 6.42. The average Bonchev–Trinajstić information content (AvgIpc) is 2.41. The SMILES string of the molecule is CCNC(Cc1ccc(F)cc1Br)c1ccc(F)cc1Br. The molecular formula is C16H15Br2F2N. The van der Waals surface area contributed by atoms with Crippen LogP contribution in [0.25, 0.3) is 0 Å². The van der Waals surface area contributed by atoms with Gasteiger partial charge in [0.15, 0.2) is 0 Å². The van der Waals surface area contributed by atoms with Crippen LogP contribution in [0.15, 0.2) is 45.3 Å². The molecule has 1 N–H and O–H groups in total. The minimum absolute atomic E-state index is 0.0201. The van der Waals surface area contributed by atoms with Crippen LogP contribution >= 0.6 is 31.9 Å². The highest BCUT2D eigenvalue weighted by Crippen LogP contribution is 2.29. The molecule has 0 aliphatic carbocycles. The van der Waals surface area contributed by atoms with Gasteiger partial charge in [-0.2, -0.15) is 0 Å². The molecule has 2 rings (SSSR count). The topological polar surface area (TPSA) is 12.0 Å². The first kappa shape index (κ1) is 16.6. The number of rotatable bonds is 5. The third kappa shape index (κ3) is 4.34. The summed E-state index contributed by atoms with van der Waals surface area (Å²) in [5, 5.41) is 3.38. The fraction of sp³-hybridized carbons (Fsp3) is 0.250. The monoisotopic (exact) mass is 417 g/mol. The Morgan fingerprint density at radius 1 is 1.00 bits per heavy atom. The second kappa shape index (κ2) is 7.47. The Morgan fingerprint density at radius 3 is 2.19 bits per heavy atom. The van der Waals surface area contributed by atoms with Crippen molar-refractivity contribution in [1.29, 1.82) is 0 Å². The largest absolute Gasteiger partial charge is 0.310 e. The summed E-state index contributed by atoms with van der Waals surface area (Å²) in [5.74, 6) is -0.544. The van der Waals surface area contributed by atoms with Crippen molar-refractivity contribution in [2.24, 2.45) is 0 Å². The molecule has 0 saturated carbocycles. The third-order valence-electron chi connectivity index (χ3n) is 3.23. The lowest BCUT2D eigenvalue weighted by Crippen LogP contribution is -2.23. The summed E-state index contributed by atoms with van der Waals surface area (Å²) in [6, 6.07) is 9.36. The second-order valence-electron chi connectivity index (χ2n) is 4.72. The molecule has 0 aliphatic heterocycles. The van der Waals surface area contributed by atoms with Crippen LogP contribution in [-0.4, -0.2) is 6.54 Å². The van der Waals surface area contributed by atoms with Crippen LogP contribution in [0, 0.1) is 11.6 Å². The van der Waals surface area contributed by atoms with Crippen molar-refractivity contribution in [3.8, 4) is 0 Å². The predicted molar refractivity (Wildman–Crippen MR) is 88.3 cm³/mol. The molecule has 0 heterocycles. The Kier molecular flexibility index (Phi) is 5.90. The van der Waals surface area contributed by atoms with Crippen LogP contribution in [0.1, 0.15) is 24.1 Å². The van der Waals surface area contributed by atoms with E-state index in [1.165, 1.54) is 24.3 Å². The lowest BCUT2D eigenvalue weighted by Gasteiger charge is -2.20. The van der Waals surface area contributed by atoms with Gasteiger partial charge in [-0.15, -0.1) is 0 Å². The van der Waals surface area contributed by atoms with Crippen molar-refractivity contribution < 1.29 is 8.78 Å². The van der Waals surface area contributed by atoms with Gasteiger partial charge in [0.25, 0.3) is 0 Å². The lowest BCUT2D eigenvalue weighted by molar-refractivity contribution is 0.543. The number of hydrogen-bond donors (Lipinski definition) is 1. The van der Waals surface area contributed by atoms with E-state index in [1.807, 2.05) is 6.92 Å². The maximum atomic E-state index is 13.2. The number of benzene rings is 2. The minimum atomic E-state index is -0.274. The predicted octanol–water partition coefficient (Wildman–Crippen LogP) is 5.38. The molecular weight excluding hydrogens is 404 g/mol. The highest BCUT2D eigenvalue weighted by Gasteiger charge is 2.16. The smallest absolute Gasteiger partial charge is 0.124 e. The van der Waals surface area contributed by atoms with E-state index in [4.69, 9.17) is 0 Å². The van der Waals surface area contributed by atoms with Crippen molar-refractivity contribution in [3.05, 3.63) is 68.1 Å². The number of likely N-dealkylation sites (N-methyl/N-ethyl adjacent to an activating group) is 1. The zero-order valence-corrected chi connectivity index (χ0v) is 14.6. The molecule has 1 atom stereocenters. The lowest BCUT2D eigenvalue weighted by atomic mass is 9.98. The van der Waals surface area contributed by atoms with E-state index in [9.17, 15) is 8.78 Å². The van der Waals surface area contributed by atoms with E-state index < -0.39 is 0 Å². The Balaban J connectivity index is 2.30. The van der Waals surface area contributed by atoms with Crippen molar-refractivity contribution in [2.75, 3.05) is 6.54 Å². The van der Waals surface area contributed by atoms with Crippen LogP contribution in [0.4, 0.5) is 8.78 Å². The van der Waals surface area contributed by atoms with E-state index in [1.54, 1.807) is 12.1 Å². The molecule has 2 aromatic carbocycles. The first-order valence-electron chi connectivity index (χ1n) is 6.63. The van der Waals surface area contributed by atoms with Crippen molar-refractivity contribution in [1.82, 2.24) is 5.32 Å². The van der Waals surface area contributed by atoms with Gasteiger partial charge in [-0.05, 0) is 48.4 Å². The minimum Gasteiger partial charge on any atom is -0.310 e. The van der Waals surface area contributed by atoms with Crippen molar-refractivity contribution in [3.63, 3.8) is 0 Å². The average molecular weight is 419 g/mol. The van der Waals surface area contributed by atoms with Crippen LogP contribution in [-0.2, 0) is 6.42 Å². The van der Waals surface area contributed by atoms with Gasteiger partial charge in [-0.1, -0.05) is 50.9 Å². The molecule has 0 aliphatic rings. The van der Waals surface area contributed by atoms with E-state index >= 15 is 0 Å². The summed E-state index contributed by atoms with van der Waals surface area (Å²) >= 11 is 6.80. The van der Waals surface area contributed by atoms with Gasteiger partial charge in [-0.25, -0.2) is 8.78 Å². The van der Waals surface area contributed by atoms with E-state index in [0.717, 1.165) is 26.6 Å². The van der Waals surface area contributed by atoms with Crippen LogP contribution in [0.2, 0.25) is 0 Å². The van der Waals surface area contributed by atoms with Gasteiger partial charge in [0.2, 0.25) is 0 Å². The van der Waals surface area contributed by atoms with Crippen LogP contribution in [0.3, 0.4) is 0 Å². The molecule has 0 aromatic heterocycles. The molecule has 21 heavy (non-hydrogen) atoms. The Morgan fingerprint density at radius 2 is 1.62 bits per heavy atom. The number of hydrogen-bond acceptors (Lipinski definition) is 1. The van der Waals surface area contributed by atoms with E-state index in [-0.39, 0.29) is 17.7 Å². The first-order valence-corrected chi connectivity index (χ1v) is 8.22. The zero-order chi connectivity index (χ0) is 15.4. The van der Waals surface area contributed by atoms with E-state index in [2.05, 4.69) is 37.2 Å². The fourth-order valence-corrected chi connectivity index (χ4v) is 3.37. The van der Waals surface area contributed by atoms with E-state index in [0.29, 0.717) is 6.42 Å². The van der Waals surface area contributed by atoms with Gasteiger partial charge in [0, 0.05) is 15.0 Å². The van der Waals surface area contributed by atoms with Gasteiger partial charge in [0.1, 0.15) is 11.6 Å². The Bertz CT molecular complexity index is 632. The Hall–Kier alpha value is -0.780. The normalized spacial score (nSPS) is 12.4. The Labute approximate surface area is 140 Å². The summed E-state index contributed by atoms with van der Waals surface area (Å²) in [4.78, 5) is 0. The highest BCUT2D eigenvalue weighted by molar-refractivity contribution is 9.10. The highest BCUT2D eigenvalue weighted by atomic mass is 79.9. The standard InChI is InChI=1S/C16H15Br2F2N/c1-2-21-16(13-6-5-12(20)9-15(13)18)7-10-3-4-11(19)8-14(10)17/h3-6,8-9,16,21H,2,7H2,1H3. The molecule has 1 nitrogen and oxygen atoms in total. The maximum absolute atomic E-state index is 13.2. The molecule has 0 radical (unpaired) electrons. The first-order chi connectivity index (χ1) is 10.0. The zero-order valence-electron chi connectivity index (χ0n) is 11.5. The molecule has 112 valence electrons. The summed E-state index contributed by atoms with van der Waals surface area (Å²) in [6.07, 6.45) is 0.679. The summed E-state index contributed by atoms with van der Waals surface area (Å²) < 4.78 is 27.9. The molecule has 2 aromatic rings. The summed E-state index contributed by atoms with van der Waals surface area (Å²) in [5.41, 5.74) is 1.98. The molecule has 0 fully saturated rings. The maximum Gasteiger partial charge on any atom is 0.124 e. The molecule has 0 saturated heterocycles. The number of halogens is 4. The van der Waals surface area contributed by atoms with Crippen LogP contribution in [0.5, 0.6) is 0 Å². The summed E-state index contributed by atoms with van der Waals surface area (Å²) in [7, 11) is 0. The van der Waals surface area contributed by atoms with Gasteiger partial charge in [-0.3, -0.25) is 0 Å². The third-order valence-corrected chi connectivity index (χ3v) is 4.65. The van der Waals surface area contributed by atoms with Crippen molar-refractivity contribution >= 4 is 31.9 Å². The van der Waals surface area contributed by atoms with Gasteiger partial charge in [0.05, 0.1) is 0 Å². The quantitative estimate of drug-likeness (QED) is 0.686. The molecule has 0 amide bonds. The molecule has 0 spiro atoms. The van der Waals surface area contributed by atoms with Crippen molar-refractivity contribution in [2.45, 2.75) is 19.4 Å². The fourth-order valence-electron chi connectivity index (χ4n) is 2.23. The molecule has 0 bridgehead atoms. The molecule has 1 unspecified atom stereocenters.